The Bertz CT molecular complexity index is 792. The van der Waals surface area contributed by atoms with Gasteiger partial charge in [0.1, 0.15) is 5.82 Å². The van der Waals surface area contributed by atoms with Gasteiger partial charge in [-0.15, -0.1) is 0 Å². The molecule has 2 nitrogen and oxygen atoms in total. The molecule has 3 rings (SSSR count). The van der Waals surface area contributed by atoms with Gasteiger partial charge < -0.3 is 10.6 Å². The zero-order valence-corrected chi connectivity index (χ0v) is 14.1. The van der Waals surface area contributed by atoms with E-state index in [1.165, 1.54) is 0 Å². The molecular weight excluding hydrogens is 299 g/mol. The van der Waals surface area contributed by atoms with Gasteiger partial charge in [-0.1, -0.05) is 36.9 Å². The van der Waals surface area contributed by atoms with Crippen LogP contribution in [-0.4, -0.2) is 6.54 Å². The second-order valence-electron chi connectivity index (χ2n) is 6.36. The Kier molecular flexibility index (Phi) is 4.70. The highest BCUT2D eigenvalue weighted by atomic mass is 19.1. The second-order valence-corrected chi connectivity index (χ2v) is 6.36. The van der Waals surface area contributed by atoms with Crippen molar-refractivity contribution in [3.05, 3.63) is 82.8 Å². The van der Waals surface area contributed by atoms with E-state index >= 15 is 0 Å². The molecule has 3 heteroatoms. The predicted molar refractivity (Wildman–Crippen MR) is 99.2 cm³/mol. The summed E-state index contributed by atoms with van der Waals surface area (Å²) in [5.74, 6) is -0.144. The number of allylic oxidation sites excluding steroid dienone is 1. The van der Waals surface area contributed by atoms with E-state index in [0.29, 0.717) is 17.8 Å². The minimum atomic E-state index is -0.144. The lowest BCUT2D eigenvalue weighted by Crippen LogP contribution is -2.26. The number of aryl methyl sites for hydroxylation is 1. The van der Waals surface area contributed by atoms with Crippen LogP contribution < -0.4 is 10.6 Å². The van der Waals surface area contributed by atoms with E-state index in [9.17, 15) is 4.39 Å². The summed E-state index contributed by atoms with van der Waals surface area (Å²) >= 11 is 0. The smallest absolute Gasteiger partial charge is 0.126 e. The number of nitrogens with two attached hydrogens (primary N) is 1. The first kappa shape index (κ1) is 16.3. The van der Waals surface area contributed by atoms with Crippen molar-refractivity contribution in [1.29, 1.82) is 0 Å². The molecule has 24 heavy (non-hydrogen) atoms. The third kappa shape index (κ3) is 3.51. The molecule has 0 aromatic heterocycles. The maximum absolute atomic E-state index is 13.9. The van der Waals surface area contributed by atoms with Crippen LogP contribution in [-0.2, 0) is 6.54 Å². The number of rotatable bonds is 3. The number of para-hydroxylation sites is 1. The van der Waals surface area contributed by atoms with Gasteiger partial charge in [0.05, 0.1) is 0 Å². The summed E-state index contributed by atoms with van der Waals surface area (Å²) in [5.41, 5.74) is 11.6. The maximum Gasteiger partial charge on any atom is 0.126 e. The van der Waals surface area contributed by atoms with Gasteiger partial charge in [-0.25, -0.2) is 4.39 Å². The third-order valence-electron chi connectivity index (χ3n) is 4.50. The van der Waals surface area contributed by atoms with E-state index in [0.717, 1.165) is 41.8 Å². The Labute approximate surface area is 143 Å². The Morgan fingerprint density at radius 3 is 2.79 bits per heavy atom. The van der Waals surface area contributed by atoms with Gasteiger partial charge in [0.15, 0.2) is 0 Å². The molecule has 0 unspecified atom stereocenters. The van der Waals surface area contributed by atoms with Crippen molar-refractivity contribution < 1.29 is 4.39 Å². The summed E-state index contributed by atoms with van der Waals surface area (Å²) in [4.78, 5) is 2.31. The van der Waals surface area contributed by atoms with Gasteiger partial charge in [-0.3, -0.25) is 0 Å². The molecule has 0 radical (unpaired) electrons. The summed E-state index contributed by atoms with van der Waals surface area (Å²) in [6.45, 7) is 7.27. The summed E-state index contributed by atoms with van der Waals surface area (Å²) in [5, 5.41) is 0. The topological polar surface area (TPSA) is 29.3 Å². The molecule has 124 valence electrons. The zero-order valence-electron chi connectivity index (χ0n) is 14.1. The average molecular weight is 322 g/mol. The van der Waals surface area contributed by atoms with Crippen LogP contribution in [0.4, 0.5) is 10.1 Å². The number of nitrogens with zero attached hydrogens (tertiary/aromatic N) is 1. The normalized spacial score (nSPS) is 16.6. The van der Waals surface area contributed by atoms with Gasteiger partial charge in [0, 0.05) is 24.5 Å². The van der Waals surface area contributed by atoms with E-state index < -0.39 is 0 Å². The quantitative estimate of drug-likeness (QED) is 0.880. The summed E-state index contributed by atoms with van der Waals surface area (Å²) in [6, 6.07) is 13.7. The van der Waals surface area contributed by atoms with Crippen LogP contribution in [0.5, 0.6) is 0 Å². The molecule has 2 N–H and O–H groups in total. The highest BCUT2D eigenvalue weighted by Gasteiger charge is 2.15. The highest BCUT2D eigenvalue weighted by molar-refractivity contribution is 5.71. The molecule has 0 saturated heterocycles. The van der Waals surface area contributed by atoms with Crippen LogP contribution in [0.25, 0.3) is 6.08 Å². The first-order valence-electron chi connectivity index (χ1n) is 8.29. The summed E-state index contributed by atoms with van der Waals surface area (Å²) in [6.07, 6.45) is 4.02. The first-order chi connectivity index (χ1) is 11.5. The molecule has 0 fully saturated rings. The molecule has 2 aromatic carbocycles. The fourth-order valence-corrected chi connectivity index (χ4v) is 3.11. The minimum Gasteiger partial charge on any atom is -0.399 e. The van der Waals surface area contributed by atoms with E-state index in [2.05, 4.69) is 29.7 Å². The van der Waals surface area contributed by atoms with Crippen LogP contribution in [0.1, 0.15) is 29.5 Å². The standard InChI is InChI=1S/C21H23FN2/c1-15-9-10-17(12-20(15)22)14-24-11-5-7-18(16(2)23)13-19-6-3-4-8-21(19)24/h3-4,6,8-10,12-13H,2,5,7,11,14,23H2,1H3/b18-13+. The summed E-state index contributed by atoms with van der Waals surface area (Å²) < 4.78 is 13.9. The van der Waals surface area contributed by atoms with Gasteiger partial charge in [-0.05, 0) is 60.2 Å². The van der Waals surface area contributed by atoms with Crippen LogP contribution in [0.15, 0.2) is 60.3 Å². The predicted octanol–water partition coefficient (Wildman–Crippen LogP) is 4.79. The van der Waals surface area contributed by atoms with Crippen LogP contribution >= 0.6 is 0 Å². The Morgan fingerprint density at radius 2 is 2.04 bits per heavy atom. The zero-order chi connectivity index (χ0) is 17.1. The molecule has 1 aliphatic heterocycles. The Morgan fingerprint density at radius 1 is 1.25 bits per heavy atom. The Hall–Kier alpha value is -2.55. The molecule has 2 aromatic rings. The largest absolute Gasteiger partial charge is 0.399 e. The molecule has 0 amide bonds. The molecule has 0 aliphatic carbocycles. The van der Waals surface area contributed by atoms with Gasteiger partial charge in [-0.2, -0.15) is 0 Å². The number of benzene rings is 2. The SMILES string of the molecule is C=C(N)/C1=C/c2ccccc2N(Cc2ccc(C)c(F)c2)CCC1. The molecular formula is C21H23FN2. The fraction of sp³-hybridized carbons (Fsp3) is 0.238. The average Bonchev–Trinajstić information content (AvgIpc) is 2.54. The van der Waals surface area contributed by atoms with E-state index in [1.807, 2.05) is 24.3 Å². The monoisotopic (exact) mass is 322 g/mol. The van der Waals surface area contributed by atoms with Crippen LogP contribution in [0.3, 0.4) is 0 Å². The number of halogens is 1. The van der Waals surface area contributed by atoms with Crippen LogP contribution in [0.2, 0.25) is 0 Å². The second kappa shape index (κ2) is 6.91. The van der Waals surface area contributed by atoms with Crippen molar-refractivity contribution in [3.63, 3.8) is 0 Å². The van der Waals surface area contributed by atoms with Crippen molar-refractivity contribution >= 4 is 11.8 Å². The molecule has 0 atom stereocenters. The molecule has 0 saturated carbocycles. The minimum absolute atomic E-state index is 0.144. The maximum atomic E-state index is 13.9. The number of hydrogen-bond donors (Lipinski definition) is 1. The Balaban J connectivity index is 1.95. The fourth-order valence-electron chi connectivity index (χ4n) is 3.11. The van der Waals surface area contributed by atoms with Gasteiger partial charge >= 0.3 is 0 Å². The number of anilines is 1. The lowest BCUT2D eigenvalue weighted by Gasteiger charge is -2.29. The summed E-state index contributed by atoms with van der Waals surface area (Å²) in [7, 11) is 0. The van der Waals surface area contributed by atoms with Crippen molar-refractivity contribution in [2.24, 2.45) is 5.73 Å². The molecule has 1 heterocycles. The molecule has 0 spiro atoms. The first-order valence-corrected chi connectivity index (χ1v) is 8.29. The lowest BCUT2D eigenvalue weighted by molar-refractivity contribution is 0.614. The van der Waals surface area contributed by atoms with Crippen molar-refractivity contribution in [2.45, 2.75) is 26.3 Å². The van der Waals surface area contributed by atoms with Gasteiger partial charge in [0.2, 0.25) is 0 Å². The van der Waals surface area contributed by atoms with Crippen molar-refractivity contribution in [1.82, 2.24) is 0 Å². The lowest BCUT2D eigenvalue weighted by atomic mass is 9.99. The number of fused-ring (bicyclic) bond motifs is 1. The number of hydrogen-bond acceptors (Lipinski definition) is 2. The van der Waals surface area contributed by atoms with Gasteiger partial charge in [0.25, 0.3) is 0 Å². The van der Waals surface area contributed by atoms with Crippen LogP contribution in [0, 0.1) is 12.7 Å². The van der Waals surface area contributed by atoms with E-state index in [4.69, 9.17) is 5.73 Å². The van der Waals surface area contributed by atoms with E-state index in [-0.39, 0.29) is 5.82 Å². The molecule has 1 aliphatic rings. The third-order valence-corrected chi connectivity index (χ3v) is 4.50. The highest BCUT2D eigenvalue weighted by Crippen LogP contribution is 2.29. The van der Waals surface area contributed by atoms with E-state index in [1.54, 1.807) is 13.0 Å². The van der Waals surface area contributed by atoms with Crippen molar-refractivity contribution in [3.8, 4) is 0 Å². The van der Waals surface area contributed by atoms with Crippen molar-refractivity contribution in [2.75, 3.05) is 11.4 Å². The molecule has 0 bridgehead atoms.